The summed E-state index contributed by atoms with van der Waals surface area (Å²) in [6, 6.07) is 6.85. The van der Waals surface area contributed by atoms with Gasteiger partial charge < -0.3 is 10.5 Å². The average Bonchev–Trinajstić information content (AvgIpc) is 2.87. The van der Waals surface area contributed by atoms with E-state index in [9.17, 15) is 8.42 Å². The Labute approximate surface area is 124 Å². The van der Waals surface area contributed by atoms with Crippen LogP contribution in [0.1, 0.15) is 6.42 Å². The van der Waals surface area contributed by atoms with Gasteiger partial charge in [0.2, 0.25) is 0 Å². The van der Waals surface area contributed by atoms with Crippen LogP contribution in [0.3, 0.4) is 0 Å². The van der Waals surface area contributed by atoms with Crippen molar-refractivity contribution < 1.29 is 13.2 Å². The quantitative estimate of drug-likeness (QED) is 0.646. The Morgan fingerprint density at radius 2 is 2.10 bits per heavy atom. The first-order valence-corrected chi connectivity index (χ1v) is 8.43. The van der Waals surface area contributed by atoms with Gasteiger partial charge in [-0.05, 0) is 24.6 Å². The van der Waals surface area contributed by atoms with Crippen molar-refractivity contribution >= 4 is 15.5 Å². The van der Waals surface area contributed by atoms with Crippen molar-refractivity contribution in [2.75, 3.05) is 25.7 Å². The predicted molar refractivity (Wildman–Crippen MR) is 81.7 cm³/mol. The van der Waals surface area contributed by atoms with Crippen LogP contribution in [0.2, 0.25) is 0 Å². The van der Waals surface area contributed by atoms with Crippen LogP contribution in [0.5, 0.6) is 0 Å². The number of hydrogen-bond donors (Lipinski definition) is 1. The van der Waals surface area contributed by atoms with Gasteiger partial charge >= 0.3 is 0 Å². The normalized spacial score (nSPS) is 11.7. The minimum Gasteiger partial charge on any atom is -0.398 e. The molecule has 0 saturated heterocycles. The van der Waals surface area contributed by atoms with Gasteiger partial charge in [-0.3, -0.25) is 4.68 Å². The van der Waals surface area contributed by atoms with E-state index in [-0.39, 0.29) is 10.6 Å². The highest BCUT2D eigenvalue weighted by molar-refractivity contribution is 7.90. The van der Waals surface area contributed by atoms with Crippen LogP contribution in [-0.2, 0) is 21.1 Å². The van der Waals surface area contributed by atoms with Crippen LogP contribution in [0.25, 0.3) is 11.3 Å². The second kappa shape index (κ2) is 6.28. The van der Waals surface area contributed by atoms with E-state index in [1.165, 1.54) is 0 Å². The summed E-state index contributed by atoms with van der Waals surface area (Å²) in [5, 5.41) is 4.26. The number of rotatable bonds is 6. The van der Waals surface area contributed by atoms with E-state index in [1.54, 1.807) is 31.5 Å². The number of nitrogens with zero attached hydrogens (tertiary/aromatic N) is 2. The van der Waals surface area contributed by atoms with Gasteiger partial charge in [-0.25, -0.2) is 8.42 Å². The van der Waals surface area contributed by atoms with E-state index in [4.69, 9.17) is 10.5 Å². The van der Waals surface area contributed by atoms with Gasteiger partial charge in [0.1, 0.15) is 0 Å². The molecule has 0 atom stereocenters. The Hall–Kier alpha value is -1.86. The van der Waals surface area contributed by atoms with Crippen LogP contribution in [0.4, 0.5) is 5.69 Å². The highest BCUT2D eigenvalue weighted by Gasteiger charge is 2.14. The lowest BCUT2D eigenvalue weighted by molar-refractivity contribution is 0.189. The minimum atomic E-state index is -3.36. The maximum atomic E-state index is 11.8. The molecular formula is C14H19N3O3S. The van der Waals surface area contributed by atoms with Crippen molar-refractivity contribution in [3.8, 4) is 11.3 Å². The summed E-state index contributed by atoms with van der Waals surface area (Å²) in [4.78, 5) is 0.143. The standard InChI is InChI=1S/C14H19N3O3S/c1-20-9-3-8-17-13(6-7-16-17)11-4-5-12(15)14(10-11)21(2,18)19/h4-7,10H,3,8-9,15H2,1-2H3. The third-order valence-electron chi connectivity index (χ3n) is 3.14. The van der Waals surface area contributed by atoms with Gasteiger partial charge in [0.25, 0.3) is 0 Å². The van der Waals surface area contributed by atoms with E-state index in [2.05, 4.69) is 5.10 Å². The smallest absolute Gasteiger partial charge is 0.177 e. The third-order valence-corrected chi connectivity index (χ3v) is 4.30. The van der Waals surface area contributed by atoms with Gasteiger partial charge in [0.05, 0.1) is 16.3 Å². The van der Waals surface area contributed by atoms with Crippen LogP contribution in [-0.4, -0.2) is 38.2 Å². The van der Waals surface area contributed by atoms with E-state index in [0.717, 1.165) is 23.9 Å². The largest absolute Gasteiger partial charge is 0.398 e. The van der Waals surface area contributed by atoms with Gasteiger partial charge in [0.15, 0.2) is 9.84 Å². The van der Waals surface area contributed by atoms with Gasteiger partial charge in [-0.2, -0.15) is 5.10 Å². The van der Waals surface area contributed by atoms with E-state index in [1.807, 2.05) is 10.7 Å². The molecular weight excluding hydrogens is 290 g/mol. The van der Waals surface area contributed by atoms with Gasteiger partial charge in [0, 0.05) is 38.3 Å². The number of aryl methyl sites for hydroxylation is 1. The number of methoxy groups -OCH3 is 1. The molecule has 0 unspecified atom stereocenters. The Morgan fingerprint density at radius 1 is 1.33 bits per heavy atom. The molecule has 1 aromatic heterocycles. The number of ether oxygens (including phenoxy) is 1. The number of hydrogen-bond acceptors (Lipinski definition) is 5. The summed E-state index contributed by atoms with van der Waals surface area (Å²) in [6.45, 7) is 1.35. The third kappa shape index (κ3) is 3.62. The monoisotopic (exact) mass is 309 g/mol. The van der Waals surface area contributed by atoms with Crippen molar-refractivity contribution in [1.82, 2.24) is 9.78 Å². The first kappa shape index (κ1) is 15.5. The molecule has 114 valence electrons. The second-order valence-corrected chi connectivity index (χ2v) is 6.79. The molecule has 0 aliphatic heterocycles. The number of nitrogen functional groups attached to an aromatic ring is 1. The average molecular weight is 309 g/mol. The number of aromatic nitrogens is 2. The molecule has 2 aromatic rings. The fourth-order valence-corrected chi connectivity index (χ4v) is 2.97. The number of sulfone groups is 1. The van der Waals surface area contributed by atoms with Gasteiger partial charge in [-0.15, -0.1) is 0 Å². The highest BCUT2D eigenvalue weighted by Crippen LogP contribution is 2.26. The van der Waals surface area contributed by atoms with Crippen LogP contribution >= 0.6 is 0 Å². The SMILES string of the molecule is COCCCn1nccc1-c1ccc(N)c(S(C)(=O)=O)c1. The fourth-order valence-electron chi connectivity index (χ4n) is 2.13. The minimum absolute atomic E-state index is 0.143. The lowest BCUT2D eigenvalue weighted by atomic mass is 10.1. The molecule has 7 heteroatoms. The predicted octanol–water partition coefficient (Wildman–Crippen LogP) is 1.57. The van der Waals surface area contributed by atoms with Crippen LogP contribution in [0, 0.1) is 0 Å². The number of nitrogens with two attached hydrogens (primary N) is 1. The van der Waals surface area contributed by atoms with Crippen molar-refractivity contribution in [3.05, 3.63) is 30.5 Å². The highest BCUT2D eigenvalue weighted by atomic mass is 32.2. The van der Waals surface area contributed by atoms with Crippen LogP contribution < -0.4 is 5.73 Å². The molecule has 6 nitrogen and oxygen atoms in total. The molecule has 21 heavy (non-hydrogen) atoms. The zero-order valence-electron chi connectivity index (χ0n) is 12.1. The van der Waals surface area contributed by atoms with Crippen molar-refractivity contribution in [3.63, 3.8) is 0 Å². The zero-order valence-corrected chi connectivity index (χ0v) is 12.9. The van der Waals surface area contributed by atoms with Crippen molar-refractivity contribution in [2.45, 2.75) is 17.9 Å². The molecule has 0 amide bonds. The second-order valence-electron chi connectivity index (χ2n) is 4.81. The zero-order chi connectivity index (χ0) is 15.5. The molecule has 0 radical (unpaired) electrons. The molecule has 0 saturated carbocycles. The first-order chi connectivity index (χ1) is 9.93. The van der Waals surface area contributed by atoms with Crippen molar-refractivity contribution in [1.29, 1.82) is 0 Å². The Kier molecular flexibility index (Phi) is 4.64. The molecule has 2 rings (SSSR count). The molecule has 1 heterocycles. The fraction of sp³-hybridized carbons (Fsp3) is 0.357. The summed E-state index contributed by atoms with van der Waals surface area (Å²) in [5.74, 6) is 0. The molecule has 0 fully saturated rings. The summed E-state index contributed by atoms with van der Waals surface area (Å²) >= 11 is 0. The van der Waals surface area contributed by atoms with Crippen molar-refractivity contribution in [2.24, 2.45) is 0 Å². The molecule has 0 spiro atoms. The maximum absolute atomic E-state index is 11.8. The Morgan fingerprint density at radius 3 is 2.76 bits per heavy atom. The van der Waals surface area contributed by atoms with E-state index in [0.29, 0.717) is 13.2 Å². The summed E-state index contributed by atoms with van der Waals surface area (Å²) in [5.41, 5.74) is 7.64. The van der Waals surface area contributed by atoms with E-state index < -0.39 is 9.84 Å². The lowest BCUT2D eigenvalue weighted by Gasteiger charge is -2.10. The summed E-state index contributed by atoms with van der Waals surface area (Å²) < 4.78 is 30.4. The Balaban J connectivity index is 2.37. The van der Waals surface area contributed by atoms with Crippen LogP contribution in [0.15, 0.2) is 35.4 Å². The summed E-state index contributed by atoms with van der Waals surface area (Å²) in [7, 11) is -1.70. The molecule has 0 aliphatic rings. The molecule has 2 N–H and O–H groups in total. The molecule has 0 aliphatic carbocycles. The van der Waals surface area contributed by atoms with E-state index >= 15 is 0 Å². The topological polar surface area (TPSA) is 87.2 Å². The number of benzene rings is 1. The number of anilines is 1. The maximum Gasteiger partial charge on any atom is 0.177 e. The molecule has 1 aromatic carbocycles. The lowest BCUT2D eigenvalue weighted by Crippen LogP contribution is -2.06. The first-order valence-electron chi connectivity index (χ1n) is 6.54. The Bertz CT molecular complexity index is 723. The molecule has 0 bridgehead atoms. The summed E-state index contributed by atoms with van der Waals surface area (Å²) in [6.07, 6.45) is 3.68. The van der Waals surface area contributed by atoms with Gasteiger partial charge in [-0.1, -0.05) is 6.07 Å².